The maximum absolute atomic E-state index is 5.51. The van der Waals surface area contributed by atoms with E-state index in [4.69, 9.17) is 4.42 Å². The number of nitrogens with one attached hydrogen (secondary N) is 2. The van der Waals surface area contributed by atoms with Crippen molar-refractivity contribution in [1.82, 2.24) is 9.97 Å². The number of rotatable bonds is 5. The highest BCUT2D eigenvalue weighted by atomic mass is 16.4. The average Bonchev–Trinajstić information content (AvgIpc) is 2.67. The molecule has 18 heavy (non-hydrogen) atoms. The lowest BCUT2D eigenvalue weighted by Gasteiger charge is -2.06. The molecule has 0 unspecified atom stereocenters. The normalized spacial score (nSPS) is 10.4. The molecule has 0 aliphatic heterocycles. The van der Waals surface area contributed by atoms with Gasteiger partial charge in [-0.3, -0.25) is 0 Å². The van der Waals surface area contributed by atoms with Crippen LogP contribution in [0.2, 0.25) is 0 Å². The van der Waals surface area contributed by atoms with Crippen LogP contribution in [0.3, 0.4) is 0 Å². The molecule has 0 saturated carbocycles. The fourth-order valence-corrected chi connectivity index (χ4v) is 1.61. The van der Waals surface area contributed by atoms with Crippen LogP contribution in [0.15, 0.2) is 22.7 Å². The van der Waals surface area contributed by atoms with Crippen LogP contribution >= 0.6 is 0 Å². The third-order valence-electron chi connectivity index (χ3n) is 2.63. The minimum Gasteiger partial charge on any atom is -0.444 e. The minimum absolute atomic E-state index is 0.574. The van der Waals surface area contributed by atoms with Crippen LogP contribution in [0.5, 0.6) is 0 Å². The molecule has 2 heterocycles. The zero-order valence-corrected chi connectivity index (χ0v) is 10.9. The van der Waals surface area contributed by atoms with E-state index >= 15 is 0 Å². The molecule has 0 aromatic carbocycles. The van der Waals surface area contributed by atoms with E-state index in [9.17, 15) is 0 Å². The zero-order chi connectivity index (χ0) is 13.0. The number of oxazole rings is 1. The third-order valence-corrected chi connectivity index (χ3v) is 2.63. The fraction of sp³-hybridized carbons (Fsp3) is 0.385. The van der Waals surface area contributed by atoms with Crippen molar-refractivity contribution in [2.45, 2.75) is 27.3 Å². The predicted octanol–water partition coefficient (Wildman–Crippen LogP) is 2.73. The Morgan fingerprint density at radius 1 is 1.28 bits per heavy atom. The Morgan fingerprint density at radius 2 is 2.11 bits per heavy atom. The molecule has 96 valence electrons. The third kappa shape index (κ3) is 3.00. The number of nitrogens with zero attached hydrogens (tertiary/aromatic N) is 2. The zero-order valence-electron chi connectivity index (χ0n) is 10.9. The molecule has 0 radical (unpaired) electrons. The summed E-state index contributed by atoms with van der Waals surface area (Å²) in [5.74, 6) is 2.43. The fourth-order valence-electron chi connectivity index (χ4n) is 1.61. The summed E-state index contributed by atoms with van der Waals surface area (Å²) in [6.45, 7) is 7.33. The van der Waals surface area contributed by atoms with E-state index in [-0.39, 0.29) is 0 Å². The van der Waals surface area contributed by atoms with Gasteiger partial charge in [0, 0.05) is 24.5 Å². The van der Waals surface area contributed by atoms with Crippen molar-refractivity contribution in [3.8, 4) is 0 Å². The molecule has 0 bridgehead atoms. The molecule has 0 aliphatic carbocycles. The lowest BCUT2D eigenvalue weighted by molar-refractivity contribution is 0.478. The van der Waals surface area contributed by atoms with Gasteiger partial charge < -0.3 is 15.1 Å². The van der Waals surface area contributed by atoms with Gasteiger partial charge in [-0.25, -0.2) is 9.97 Å². The van der Waals surface area contributed by atoms with E-state index in [1.54, 1.807) is 6.20 Å². The highest BCUT2D eigenvalue weighted by Crippen LogP contribution is 2.14. The molecule has 0 saturated heterocycles. The van der Waals surface area contributed by atoms with E-state index in [1.165, 1.54) is 0 Å². The largest absolute Gasteiger partial charge is 0.444 e. The summed E-state index contributed by atoms with van der Waals surface area (Å²) in [6, 6.07) is 3.88. The highest BCUT2D eigenvalue weighted by molar-refractivity contribution is 5.51. The van der Waals surface area contributed by atoms with Gasteiger partial charge >= 0.3 is 0 Å². The summed E-state index contributed by atoms with van der Waals surface area (Å²) in [5, 5.41) is 6.43. The second-order valence-electron chi connectivity index (χ2n) is 4.06. The van der Waals surface area contributed by atoms with Gasteiger partial charge in [-0.2, -0.15) is 0 Å². The Kier molecular flexibility index (Phi) is 3.82. The smallest absolute Gasteiger partial charge is 0.213 e. The van der Waals surface area contributed by atoms with Gasteiger partial charge in [0.2, 0.25) is 5.89 Å². The van der Waals surface area contributed by atoms with Crippen LogP contribution < -0.4 is 10.6 Å². The summed E-state index contributed by atoms with van der Waals surface area (Å²) in [7, 11) is 0. The van der Waals surface area contributed by atoms with Crippen LogP contribution in [-0.4, -0.2) is 16.5 Å². The van der Waals surface area contributed by atoms with Crippen LogP contribution in [-0.2, 0) is 6.54 Å². The van der Waals surface area contributed by atoms with Crippen molar-refractivity contribution >= 4 is 11.5 Å². The van der Waals surface area contributed by atoms with Gasteiger partial charge in [-0.05, 0) is 26.8 Å². The molecule has 0 atom stereocenters. The Hall–Kier alpha value is -2.04. The van der Waals surface area contributed by atoms with Crippen LogP contribution in [0, 0.1) is 13.8 Å². The van der Waals surface area contributed by atoms with Gasteiger partial charge in [0.25, 0.3) is 0 Å². The van der Waals surface area contributed by atoms with Crippen molar-refractivity contribution in [1.29, 1.82) is 0 Å². The van der Waals surface area contributed by atoms with Gasteiger partial charge in [0.1, 0.15) is 11.6 Å². The molecule has 0 amide bonds. The Morgan fingerprint density at radius 3 is 2.78 bits per heavy atom. The quantitative estimate of drug-likeness (QED) is 0.849. The second-order valence-corrected chi connectivity index (χ2v) is 4.06. The number of hydrogen-bond acceptors (Lipinski definition) is 5. The van der Waals surface area contributed by atoms with Crippen molar-refractivity contribution in [3.05, 3.63) is 35.7 Å². The molecule has 2 aromatic rings. The van der Waals surface area contributed by atoms with Gasteiger partial charge in [0.05, 0.1) is 12.2 Å². The Labute approximate surface area is 107 Å². The van der Waals surface area contributed by atoms with Crippen molar-refractivity contribution in [2.75, 3.05) is 17.2 Å². The van der Waals surface area contributed by atoms with E-state index < -0.39 is 0 Å². The highest BCUT2D eigenvalue weighted by Gasteiger charge is 2.05. The first-order valence-electron chi connectivity index (χ1n) is 6.05. The van der Waals surface area contributed by atoms with Crippen molar-refractivity contribution < 1.29 is 4.42 Å². The van der Waals surface area contributed by atoms with E-state index in [0.29, 0.717) is 12.4 Å². The molecule has 2 aromatic heterocycles. The first kappa shape index (κ1) is 12.4. The van der Waals surface area contributed by atoms with Gasteiger partial charge in [-0.1, -0.05) is 0 Å². The lowest BCUT2D eigenvalue weighted by atomic mass is 10.3. The first-order chi connectivity index (χ1) is 8.69. The predicted molar refractivity (Wildman–Crippen MR) is 71.7 cm³/mol. The summed E-state index contributed by atoms with van der Waals surface area (Å²) in [5.41, 5.74) is 1.93. The maximum atomic E-state index is 5.51. The average molecular weight is 246 g/mol. The summed E-state index contributed by atoms with van der Waals surface area (Å²) >= 11 is 0. The van der Waals surface area contributed by atoms with Crippen LogP contribution in [0.4, 0.5) is 11.5 Å². The number of aromatic nitrogens is 2. The Bertz CT molecular complexity index is 502. The maximum Gasteiger partial charge on any atom is 0.213 e. The van der Waals surface area contributed by atoms with Crippen molar-refractivity contribution in [3.63, 3.8) is 0 Å². The molecular formula is C13H18N4O. The monoisotopic (exact) mass is 246 g/mol. The Balaban J connectivity index is 1.99. The SMILES string of the molecule is CCNc1cc(NCc2nc(C)c(C)o2)ccn1. The van der Waals surface area contributed by atoms with Crippen LogP contribution in [0.25, 0.3) is 0 Å². The summed E-state index contributed by atoms with van der Waals surface area (Å²) in [4.78, 5) is 8.54. The molecule has 0 spiro atoms. The molecule has 2 rings (SSSR count). The molecule has 5 heteroatoms. The molecular weight excluding hydrogens is 228 g/mol. The second kappa shape index (κ2) is 5.53. The molecule has 2 N–H and O–H groups in total. The summed E-state index contributed by atoms with van der Waals surface area (Å²) in [6.07, 6.45) is 1.77. The number of hydrogen-bond donors (Lipinski definition) is 2. The number of pyridine rings is 1. The molecule has 0 aliphatic rings. The van der Waals surface area contributed by atoms with Crippen molar-refractivity contribution in [2.24, 2.45) is 0 Å². The van der Waals surface area contributed by atoms with E-state index in [0.717, 1.165) is 29.5 Å². The van der Waals surface area contributed by atoms with E-state index in [1.807, 2.05) is 32.9 Å². The lowest BCUT2D eigenvalue weighted by Crippen LogP contribution is -2.03. The number of aryl methyl sites for hydroxylation is 2. The summed E-state index contributed by atoms with van der Waals surface area (Å²) < 4.78 is 5.51. The van der Waals surface area contributed by atoms with E-state index in [2.05, 4.69) is 20.6 Å². The molecule has 5 nitrogen and oxygen atoms in total. The standard InChI is InChI=1S/C13H18N4O/c1-4-14-12-7-11(5-6-15-12)16-8-13-17-9(2)10(3)18-13/h5-7H,4,8H2,1-3H3,(H2,14,15,16). The van der Waals surface area contributed by atoms with Gasteiger partial charge in [-0.15, -0.1) is 0 Å². The van der Waals surface area contributed by atoms with Crippen LogP contribution in [0.1, 0.15) is 24.3 Å². The van der Waals surface area contributed by atoms with Gasteiger partial charge in [0.15, 0.2) is 0 Å². The first-order valence-corrected chi connectivity index (χ1v) is 6.05. The molecule has 0 fully saturated rings. The number of anilines is 2. The topological polar surface area (TPSA) is 63.0 Å². The minimum atomic E-state index is 0.574.